The Morgan fingerprint density at radius 3 is 2.86 bits per heavy atom. The standard InChI is InChI=1S/C9H14N2O3/c1-7-3-4-8(14-7)5-13-6-9(12)11(2)10/h3-4H,5-6,10H2,1-2H3. The first kappa shape index (κ1) is 10.7. The number of carbonyl (C=O) groups excluding carboxylic acids is 1. The molecule has 5 nitrogen and oxygen atoms in total. The highest BCUT2D eigenvalue weighted by molar-refractivity contribution is 5.76. The normalized spacial score (nSPS) is 10.2. The van der Waals surface area contributed by atoms with Gasteiger partial charge in [-0.25, -0.2) is 5.84 Å². The number of amides is 1. The first-order chi connectivity index (χ1) is 6.59. The van der Waals surface area contributed by atoms with Crippen LogP contribution in [0.25, 0.3) is 0 Å². The molecule has 1 aromatic heterocycles. The maximum absolute atomic E-state index is 11.0. The van der Waals surface area contributed by atoms with Crippen LogP contribution in [0.5, 0.6) is 0 Å². The number of hydrogen-bond acceptors (Lipinski definition) is 4. The average Bonchev–Trinajstić information content (AvgIpc) is 2.51. The topological polar surface area (TPSA) is 68.7 Å². The maximum atomic E-state index is 11.0. The molecule has 0 aromatic carbocycles. The molecule has 0 atom stereocenters. The second-order valence-electron chi connectivity index (χ2n) is 3.01. The molecule has 1 rings (SSSR count). The van der Waals surface area contributed by atoms with E-state index in [-0.39, 0.29) is 19.1 Å². The summed E-state index contributed by atoms with van der Waals surface area (Å²) in [6, 6.07) is 3.65. The van der Waals surface area contributed by atoms with Gasteiger partial charge >= 0.3 is 0 Å². The Morgan fingerprint density at radius 2 is 2.36 bits per heavy atom. The molecule has 0 unspecified atom stereocenters. The molecule has 0 spiro atoms. The summed E-state index contributed by atoms with van der Waals surface area (Å²) in [5, 5.41) is 0.993. The van der Waals surface area contributed by atoms with Crippen molar-refractivity contribution in [3.05, 3.63) is 23.7 Å². The lowest BCUT2D eigenvalue weighted by Crippen LogP contribution is -2.35. The minimum absolute atomic E-state index is 0.0350. The van der Waals surface area contributed by atoms with Gasteiger partial charge in [0.15, 0.2) is 0 Å². The van der Waals surface area contributed by atoms with Gasteiger partial charge in [0.1, 0.15) is 24.7 Å². The van der Waals surface area contributed by atoms with E-state index >= 15 is 0 Å². The number of carbonyl (C=O) groups is 1. The number of hydrazine groups is 1. The minimum atomic E-state index is -0.270. The van der Waals surface area contributed by atoms with E-state index in [9.17, 15) is 4.79 Å². The molecule has 0 aliphatic rings. The largest absolute Gasteiger partial charge is 0.464 e. The summed E-state index contributed by atoms with van der Waals surface area (Å²) in [7, 11) is 1.47. The van der Waals surface area contributed by atoms with Crippen LogP contribution in [0.2, 0.25) is 0 Å². The smallest absolute Gasteiger partial charge is 0.262 e. The summed E-state index contributed by atoms with van der Waals surface area (Å²) < 4.78 is 10.3. The van der Waals surface area contributed by atoms with Crippen molar-refractivity contribution in [3.63, 3.8) is 0 Å². The molecule has 2 N–H and O–H groups in total. The predicted octanol–water partition coefficient (Wildman–Crippen LogP) is 0.437. The van der Waals surface area contributed by atoms with Crippen molar-refractivity contribution in [1.82, 2.24) is 5.01 Å². The summed E-state index contributed by atoms with van der Waals surface area (Å²) in [5.74, 6) is 6.46. The average molecular weight is 198 g/mol. The fourth-order valence-corrected chi connectivity index (χ4v) is 0.903. The van der Waals surface area contributed by atoms with E-state index in [1.807, 2.05) is 19.1 Å². The third-order valence-corrected chi connectivity index (χ3v) is 1.66. The van der Waals surface area contributed by atoms with E-state index in [1.54, 1.807) is 0 Å². The van der Waals surface area contributed by atoms with Gasteiger partial charge in [0.2, 0.25) is 0 Å². The molecule has 1 amide bonds. The molecule has 0 bridgehead atoms. The third kappa shape index (κ3) is 3.20. The monoisotopic (exact) mass is 198 g/mol. The highest BCUT2D eigenvalue weighted by Crippen LogP contribution is 2.07. The Labute approximate surface area is 82.4 Å². The number of likely N-dealkylation sites (N-methyl/N-ethyl adjacent to an activating group) is 1. The lowest BCUT2D eigenvalue weighted by molar-refractivity contribution is -0.135. The fourth-order valence-electron chi connectivity index (χ4n) is 0.903. The van der Waals surface area contributed by atoms with Crippen LogP contribution in [0.1, 0.15) is 11.5 Å². The van der Waals surface area contributed by atoms with Crippen molar-refractivity contribution in [2.24, 2.45) is 5.84 Å². The molecule has 14 heavy (non-hydrogen) atoms. The molecule has 0 saturated heterocycles. The van der Waals surface area contributed by atoms with Crippen LogP contribution in [-0.4, -0.2) is 24.6 Å². The molecule has 0 radical (unpaired) electrons. The third-order valence-electron chi connectivity index (χ3n) is 1.66. The van der Waals surface area contributed by atoms with Crippen LogP contribution in [-0.2, 0) is 16.1 Å². The van der Waals surface area contributed by atoms with Gasteiger partial charge in [0.05, 0.1) is 0 Å². The molecule has 1 aromatic rings. The summed E-state index contributed by atoms with van der Waals surface area (Å²) in [5.41, 5.74) is 0. The zero-order valence-corrected chi connectivity index (χ0v) is 8.32. The van der Waals surface area contributed by atoms with E-state index in [4.69, 9.17) is 15.0 Å². The van der Waals surface area contributed by atoms with Crippen molar-refractivity contribution >= 4 is 5.91 Å². The molecular formula is C9H14N2O3. The highest BCUT2D eigenvalue weighted by atomic mass is 16.5. The Balaban J connectivity index is 2.25. The van der Waals surface area contributed by atoms with E-state index in [1.165, 1.54) is 7.05 Å². The van der Waals surface area contributed by atoms with Crippen molar-refractivity contribution in [2.45, 2.75) is 13.5 Å². The number of nitrogens with zero attached hydrogens (tertiary/aromatic N) is 1. The van der Waals surface area contributed by atoms with E-state index in [0.717, 1.165) is 10.8 Å². The molecule has 78 valence electrons. The van der Waals surface area contributed by atoms with Crippen molar-refractivity contribution < 1.29 is 13.9 Å². The molecule has 0 aliphatic heterocycles. The highest BCUT2D eigenvalue weighted by Gasteiger charge is 2.05. The summed E-state index contributed by atoms with van der Waals surface area (Å²) in [6.45, 7) is 2.10. The van der Waals surface area contributed by atoms with Gasteiger partial charge in [-0.3, -0.25) is 9.80 Å². The van der Waals surface area contributed by atoms with Crippen LogP contribution in [0, 0.1) is 6.92 Å². The molecular weight excluding hydrogens is 184 g/mol. The van der Waals surface area contributed by atoms with Crippen molar-refractivity contribution in [2.75, 3.05) is 13.7 Å². The Morgan fingerprint density at radius 1 is 1.64 bits per heavy atom. The SMILES string of the molecule is Cc1ccc(COCC(=O)N(C)N)o1. The molecule has 1 heterocycles. The van der Waals surface area contributed by atoms with Gasteiger partial charge in [-0.1, -0.05) is 0 Å². The Kier molecular flexibility index (Phi) is 3.67. The van der Waals surface area contributed by atoms with E-state index < -0.39 is 0 Å². The number of ether oxygens (including phenoxy) is 1. The summed E-state index contributed by atoms with van der Waals surface area (Å²) in [4.78, 5) is 11.0. The van der Waals surface area contributed by atoms with Gasteiger partial charge in [-0.2, -0.15) is 0 Å². The van der Waals surface area contributed by atoms with Crippen LogP contribution < -0.4 is 5.84 Å². The van der Waals surface area contributed by atoms with Gasteiger partial charge in [0.25, 0.3) is 5.91 Å². The second kappa shape index (κ2) is 4.78. The predicted molar refractivity (Wildman–Crippen MR) is 50.1 cm³/mol. The van der Waals surface area contributed by atoms with Crippen LogP contribution >= 0.6 is 0 Å². The number of furan rings is 1. The van der Waals surface area contributed by atoms with Gasteiger partial charge < -0.3 is 9.15 Å². The lowest BCUT2D eigenvalue weighted by atomic mass is 10.4. The molecule has 0 saturated carbocycles. The number of nitrogens with two attached hydrogens (primary N) is 1. The van der Waals surface area contributed by atoms with Crippen molar-refractivity contribution in [1.29, 1.82) is 0 Å². The Bertz CT molecular complexity index is 307. The van der Waals surface area contributed by atoms with Crippen LogP contribution in [0.15, 0.2) is 16.5 Å². The molecule has 0 fully saturated rings. The lowest BCUT2D eigenvalue weighted by Gasteiger charge is -2.09. The van der Waals surface area contributed by atoms with Gasteiger partial charge in [-0.15, -0.1) is 0 Å². The first-order valence-corrected chi connectivity index (χ1v) is 4.24. The van der Waals surface area contributed by atoms with Crippen molar-refractivity contribution in [3.8, 4) is 0 Å². The number of hydrogen-bond donors (Lipinski definition) is 1. The fraction of sp³-hybridized carbons (Fsp3) is 0.444. The summed E-state index contributed by atoms with van der Waals surface area (Å²) >= 11 is 0. The van der Waals surface area contributed by atoms with E-state index in [0.29, 0.717) is 5.76 Å². The quantitative estimate of drug-likeness (QED) is 0.433. The zero-order valence-electron chi connectivity index (χ0n) is 8.32. The van der Waals surface area contributed by atoms with Gasteiger partial charge in [0, 0.05) is 7.05 Å². The minimum Gasteiger partial charge on any atom is -0.464 e. The number of rotatable bonds is 4. The summed E-state index contributed by atoms with van der Waals surface area (Å²) in [6.07, 6.45) is 0. The van der Waals surface area contributed by atoms with Gasteiger partial charge in [-0.05, 0) is 19.1 Å². The zero-order chi connectivity index (χ0) is 10.6. The van der Waals surface area contributed by atoms with E-state index in [2.05, 4.69) is 0 Å². The van der Waals surface area contributed by atoms with Crippen LogP contribution in [0.3, 0.4) is 0 Å². The molecule has 5 heteroatoms. The maximum Gasteiger partial charge on any atom is 0.262 e. The number of aryl methyl sites for hydroxylation is 1. The Hall–Kier alpha value is -1.33. The van der Waals surface area contributed by atoms with Crippen LogP contribution in [0.4, 0.5) is 0 Å². The molecule has 0 aliphatic carbocycles. The first-order valence-electron chi connectivity index (χ1n) is 4.24. The second-order valence-corrected chi connectivity index (χ2v) is 3.01.